The molecule has 0 radical (unpaired) electrons. The Bertz CT molecular complexity index is 507. The second-order valence-corrected chi connectivity index (χ2v) is 5.17. The predicted octanol–water partition coefficient (Wildman–Crippen LogP) is 4.32. The molecule has 1 atom stereocenters. The Morgan fingerprint density at radius 2 is 1.76 bits per heavy atom. The summed E-state index contributed by atoms with van der Waals surface area (Å²) in [7, 11) is 0. The molecule has 1 aliphatic heterocycles. The molecule has 1 aliphatic rings. The highest BCUT2D eigenvalue weighted by molar-refractivity contribution is 5.56. The number of allylic oxidation sites excluding steroid dienone is 2. The van der Waals surface area contributed by atoms with Gasteiger partial charge in [0.15, 0.2) is 0 Å². The normalized spacial score (nSPS) is 17.7. The largest absolute Gasteiger partial charge is 0.372 e. The molecule has 1 aromatic carbocycles. The molecule has 0 bridgehead atoms. The minimum Gasteiger partial charge on any atom is -0.372 e. The van der Waals surface area contributed by atoms with E-state index >= 15 is 0 Å². The van der Waals surface area contributed by atoms with Gasteiger partial charge in [0.25, 0.3) is 0 Å². The first-order valence-corrected chi connectivity index (χ1v) is 7.92. The monoisotopic (exact) mass is 282 g/mol. The average molecular weight is 282 g/mol. The molecule has 0 amide bonds. The highest BCUT2D eigenvalue weighted by atomic mass is 15.1. The molecule has 0 fully saturated rings. The molecule has 0 N–H and O–H groups in total. The van der Waals surface area contributed by atoms with Crippen LogP contribution in [0.3, 0.4) is 0 Å². The van der Waals surface area contributed by atoms with Crippen LogP contribution in [0.1, 0.15) is 26.3 Å². The molecule has 0 spiro atoms. The molecule has 1 unspecified atom stereocenters. The lowest BCUT2D eigenvalue weighted by molar-refractivity contribution is 0.376. The number of likely N-dealkylation sites (N-methyl/N-ethyl adjacent to an activating group) is 1. The topological polar surface area (TPSA) is 6.48 Å². The summed E-state index contributed by atoms with van der Waals surface area (Å²) in [4.78, 5) is 4.68. The van der Waals surface area contributed by atoms with E-state index in [4.69, 9.17) is 0 Å². The second kappa shape index (κ2) is 7.72. The standard InChI is InChI=1S/C19H26N2/c1-4-20(5-2)19-14-11-17(12-15-19)10-13-18-9-7-8-16-21(18)6-3/h7-16,18H,4-6H2,1-3H3/b13-10+. The van der Waals surface area contributed by atoms with Crippen molar-refractivity contribution in [1.29, 1.82) is 0 Å². The van der Waals surface area contributed by atoms with Crippen LogP contribution in [0.4, 0.5) is 5.69 Å². The summed E-state index contributed by atoms with van der Waals surface area (Å²) in [6.45, 7) is 9.70. The number of anilines is 1. The van der Waals surface area contributed by atoms with Crippen molar-refractivity contribution < 1.29 is 0 Å². The first-order valence-electron chi connectivity index (χ1n) is 7.92. The maximum absolute atomic E-state index is 2.36. The third kappa shape index (κ3) is 4.01. The van der Waals surface area contributed by atoms with Crippen molar-refractivity contribution in [2.24, 2.45) is 0 Å². The van der Waals surface area contributed by atoms with Crippen molar-refractivity contribution in [3.05, 3.63) is 60.3 Å². The van der Waals surface area contributed by atoms with Crippen molar-refractivity contribution in [2.75, 3.05) is 24.5 Å². The Kier molecular flexibility index (Phi) is 5.68. The van der Waals surface area contributed by atoms with Crippen LogP contribution in [0, 0.1) is 0 Å². The predicted molar refractivity (Wildman–Crippen MR) is 93.5 cm³/mol. The van der Waals surface area contributed by atoms with Gasteiger partial charge in [-0.1, -0.05) is 36.4 Å². The SMILES string of the molecule is CCN(CC)c1ccc(/C=C/C2C=CC=CN2CC)cc1. The molecule has 0 saturated carbocycles. The lowest BCUT2D eigenvalue weighted by Gasteiger charge is -2.26. The van der Waals surface area contributed by atoms with Crippen molar-refractivity contribution >= 4 is 11.8 Å². The Morgan fingerprint density at radius 1 is 1.05 bits per heavy atom. The third-order valence-electron chi connectivity index (χ3n) is 3.95. The van der Waals surface area contributed by atoms with Gasteiger partial charge in [-0.25, -0.2) is 0 Å². The Balaban J connectivity index is 2.04. The van der Waals surface area contributed by atoms with Gasteiger partial charge in [0.2, 0.25) is 0 Å². The zero-order valence-electron chi connectivity index (χ0n) is 13.4. The van der Waals surface area contributed by atoms with E-state index in [2.05, 4.69) is 91.4 Å². The van der Waals surface area contributed by atoms with E-state index < -0.39 is 0 Å². The van der Waals surface area contributed by atoms with Crippen LogP contribution in [-0.2, 0) is 0 Å². The molecular formula is C19H26N2. The molecule has 0 saturated heterocycles. The van der Waals surface area contributed by atoms with Crippen molar-refractivity contribution in [3.8, 4) is 0 Å². The van der Waals surface area contributed by atoms with Crippen molar-refractivity contribution in [1.82, 2.24) is 4.90 Å². The average Bonchev–Trinajstić information content (AvgIpc) is 2.55. The summed E-state index contributed by atoms with van der Waals surface area (Å²) in [5.41, 5.74) is 2.55. The first kappa shape index (κ1) is 15.4. The van der Waals surface area contributed by atoms with E-state index in [-0.39, 0.29) is 0 Å². The summed E-state index contributed by atoms with van der Waals surface area (Å²) in [5.74, 6) is 0. The van der Waals surface area contributed by atoms with Gasteiger partial charge in [0.05, 0.1) is 6.04 Å². The van der Waals surface area contributed by atoms with Crippen LogP contribution >= 0.6 is 0 Å². The number of nitrogens with zero attached hydrogens (tertiary/aromatic N) is 2. The van der Waals surface area contributed by atoms with Gasteiger partial charge < -0.3 is 9.80 Å². The zero-order valence-corrected chi connectivity index (χ0v) is 13.4. The fourth-order valence-corrected chi connectivity index (χ4v) is 2.63. The molecule has 2 rings (SSSR count). The third-order valence-corrected chi connectivity index (χ3v) is 3.95. The quantitative estimate of drug-likeness (QED) is 0.766. The fraction of sp³-hybridized carbons (Fsp3) is 0.368. The van der Waals surface area contributed by atoms with Crippen molar-refractivity contribution in [3.63, 3.8) is 0 Å². The summed E-state index contributed by atoms with van der Waals surface area (Å²) < 4.78 is 0. The minimum atomic E-state index is 0.363. The molecule has 0 aliphatic carbocycles. The Hall–Kier alpha value is -1.96. The van der Waals surface area contributed by atoms with E-state index in [1.807, 2.05) is 0 Å². The van der Waals surface area contributed by atoms with Gasteiger partial charge >= 0.3 is 0 Å². The van der Waals surface area contributed by atoms with Crippen LogP contribution in [0.2, 0.25) is 0 Å². The highest BCUT2D eigenvalue weighted by Crippen LogP contribution is 2.17. The second-order valence-electron chi connectivity index (χ2n) is 5.17. The van der Waals surface area contributed by atoms with Crippen LogP contribution in [0.15, 0.2) is 54.8 Å². The molecule has 112 valence electrons. The molecule has 2 nitrogen and oxygen atoms in total. The van der Waals surface area contributed by atoms with Crippen molar-refractivity contribution in [2.45, 2.75) is 26.8 Å². The summed E-state index contributed by atoms with van der Waals surface area (Å²) in [6.07, 6.45) is 13.1. The van der Waals surface area contributed by atoms with Gasteiger partial charge in [-0.05, 0) is 50.7 Å². The lowest BCUT2D eigenvalue weighted by atomic mass is 10.1. The maximum atomic E-state index is 2.36. The van der Waals surface area contributed by atoms with Gasteiger partial charge in [-0.2, -0.15) is 0 Å². The molecule has 0 aromatic heterocycles. The highest BCUT2D eigenvalue weighted by Gasteiger charge is 2.08. The number of rotatable bonds is 6. The first-order chi connectivity index (χ1) is 10.3. The van der Waals surface area contributed by atoms with Gasteiger partial charge in [0, 0.05) is 25.3 Å². The molecule has 1 heterocycles. The van der Waals surface area contributed by atoms with Gasteiger partial charge in [-0.3, -0.25) is 0 Å². The zero-order chi connectivity index (χ0) is 15.1. The van der Waals surface area contributed by atoms with E-state index in [9.17, 15) is 0 Å². The Labute approximate surface area is 129 Å². The summed E-state index contributed by atoms with van der Waals surface area (Å²) in [5, 5.41) is 0. The van der Waals surface area contributed by atoms with Gasteiger partial charge in [-0.15, -0.1) is 0 Å². The summed E-state index contributed by atoms with van der Waals surface area (Å²) in [6, 6.07) is 9.18. The maximum Gasteiger partial charge on any atom is 0.0657 e. The van der Waals surface area contributed by atoms with E-state index in [1.165, 1.54) is 11.3 Å². The smallest absolute Gasteiger partial charge is 0.0657 e. The van der Waals surface area contributed by atoms with Crippen LogP contribution in [0.5, 0.6) is 0 Å². The molecule has 1 aromatic rings. The number of benzene rings is 1. The van der Waals surface area contributed by atoms with E-state index in [0.29, 0.717) is 6.04 Å². The Morgan fingerprint density at radius 3 is 2.38 bits per heavy atom. The van der Waals surface area contributed by atoms with Crippen LogP contribution in [0.25, 0.3) is 6.08 Å². The fourth-order valence-electron chi connectivity index (χ4n) is 2.63. The minimum absolute atomic E-state index is 0.363. The number of hydrogen-bond donors (Lipinski definition) is 0. The molecular weight excluding hydrogens is 256 g/mol. The van der Waals surface area contributed by atoms with Crippen LogP contribution in [-0.4, -0.2) is 30.6 Å². The lowest BCUT2D eigenvalue weighted by Crippen LogP contribution is -2.28. The molecule has 2 heteroatoms. The number of hydrogen-bond acceptors (Lipinski definition) is 2. The van der Waals surface area contributed by atoms with E-state index in [0.717, 1.165) is 19.6 Å². The van der Waals surface area contributed by atoms with Gasteiger partial charge in [0.1, 0.15) is 0 Å². The van der Waals surface area contributed by atoms with E-state index in [1.54, 1.807) is 0 Å². The van der Waals surface area contributed by atoms with Crippen LogP contribution < -0.4 is 4.90 Å². The summed E-state index contributed by atoms with van der Waals surface area (Å²) >= 11 is 0. The molecule has 21 heavy (non-hydrogen) atoms.